The van der Waals surface area contributed by atoms with E-state index in [1.54, 1.807) is 0 Å². The molecule has 1 aliphatic heterocycles. The lowest BCUT2D eigenvalue weighted by molar-refractivity contribution is -0.127. The van der Waals surface area contributed by atoms with Crippen LogP contribution in [0.4, 0.5) is 9.18 Å². The number of hydrogen-bond acceptors (Lipinski definition) is 5. The molecule has 1 N–H and O–H groups in total. The van der Waals surface area contributed by atoms with Crippen molar-refractivity contribution < 1.29 is 27.1 Å². The van der Waals surface area contributed by atoms with Gasteiger partial charge in [0, 0.05) is 6.26 Å². The molecular formula is C14H17FN2O5S. The highest BCUT2D eigenvalue weighted by molar-refractivity contribution is 7.90. The molecule has 9 heteroatoms. The van der Waals surface area contributed by atoms with E-state index in [-0.39, 0.29) is 31.1 Å². The maximum atomic E-state index is 12.8. The van der Waals surface area contributed by atoms with Crippen LogP contribution < -0.4 is 10.1 Å². The Balaban J connectivity index is 1.84. The monoisotopic (exact) mass is 344 g/mol. The average Bonchev–Trinajstić information content (AvgIpc) is 2.74. The maximum absolute atomic E-state index is 12.8. The van der Waals surface area contributed by atoms with E-state index in [1.807, 2.05) is 0 Å². The number of carbonyl (C=O) groups is 2. The standard InChI is InChI=1S/C14H17FN2O5S/c1-23(20,21)9-6-12-13(18)17(14(19)16-12)7-8-22-11-4-2-10(15)3-5-11/h2-5,12H,6-9H2,1H3,(H,16,19)/t12-/m0/s1. The van der Waals surface area contributed by atoms with Gasteiger partial charge in [-0.25, -0.2) is 17.6 Å². The smallest absolute Gasteiger partial charge is 0.324 e. The first kappa shape index (κ1) is 17.2. The highest BCUT2D eigenvalue weighted by Gasteiger charge is 2.37. The minimum Gasteiger partial charge on any atom is -0.492 e. The quantitative estimate of drug-likeness (QED) is 0.730. The minimum atomic E-state index is -3.20. The Kier molecular flexibility index (Phi) is 5.19. The number of urea groups is 1. The lowest BCUT2D eigenvalue weighted by Crippen LogP contribution is -2.35. The Labute approximate surface area is 133 Å². The van der Waals surface area contributed by atoms with Crippen LogP contribution in [-0.2, 0) is 14.6 Å². The second-order valence-electron chi connectivity index (χ2n) is 5.21. The Bertz CT molecular complexity index is 690. The summed E-state index contributed by atoms with van der Waals surface area (Å²) in [6.07, 6.45) is 1.11. The zero-order valence-corrected chi connectivity index (χ0v) is 13.3. The second-order valence-corrected chi connectivity index (χ2v) is 7.47. The van der Waals surface area contributed by atoms with Crippen molar-refractivity contribution in [3.63, 3.8) is 0 Å². The van der Waals surface area contributed by atoms with Crippen molar-refractivity contribution in [1.29, 1.82) is 0 Å². The van der Waals surface area contributed by atoms with Crippen molar-refractivity contribution >= 4 is 21.8 Å². The van der Waals surface area contributed by atoms with Gasteiger partial charge in [0.1, 0.15) is 34.1 Å². The Morgan fingerprint density at radius 2 is 1.91 bits per heavy atom. The minimum absolute atomic E-state index is 0.0252. The molecule has 1 aromatic rings. The van der Waals surface area contributed by atoms with Gasteiger partial charge in [0.2, 0.25) is 0 Å². The zero-order chi connectivity index (χ0) is 17.0. The molecule has 0 aliphatic carbocycles. The fourth-order valence-electron chi connectivity index (χ4n) is 2.10. The van der Waals surface area contributed by atoms with Crippen LogP contribution in [-0.4, -0.2) is 56.5 Å². The van der Waals surface area contributed by atoms with E-state index in [9.17, 15) is 22.4 Å². The molecule has 0 saturated carbocycles. The molecule has 1 heterocycles. The van der Waals surface area contributed by atoms with Gasteiger partial charge in [-0.15, -0.1) is 0 Å². The van der Waals surface area contributed by atoms with E-state index in [4.69, 9.17) is 4.74 Å². The van der Waals surface area contributed by atoms with Crippen LogP contribution in [0.1, 0.15) is 6.42 Å². The van der Waals surface area contributed by atoms with Crippen molar-refractivity contribution in [3.05, 3.63) is 30.1 Å². The summed E-state index contributed by atoms with van der Waals surface area (Å²) in [5, 5.41) is 2.45. The van der Waals surface area contributed by atoms with Crippen LogP contribution in [0.2, 0.25) is 0 Å². The third kappa shape index (κ3) is 4.92. The normalized spacial score (nSPS) is 18.2. The van der Waals surface area contributed by atoms with Crippen LogP contribution >= 0.6 is 0 Å². The Morgan fingerprint density at radius 1 is 1.26 bits per heavy atom. The summed E-state index contributed by atoms with van der Waals surface area (Å²) < 4.78 is 40.3. The summed E-state index contributed by atoms with van der Waals surface area (Å²) in [5.74, 6) is -0.613. The topological polar surface area (TPSA) is 92.8 Å². The average molecular weight is 344 g/mol. The van der Waals surface area contributed by atoms with Crippen molar-refractivity contribution in [2.75, 3.05) is 25.2 Å². The molecule has 1 saturated heterocycles. The van der Waals surface area contributed by atoms with Crippen LogP contribution in [0.15, 0.2) is 24.3 Å². The highest BCUT2D eigenvalue weighted by Crippen LogP contribution is 2.13. The molecule has 1 aromatic carbocycles. The van der Waals surface area contributed by atoms with Gasteiger partial charge in [-0.1, -0.05) is 0 Å². The summed E-state index contributed by atoms with van der Waals surface area (Å²) in [4.78, 5) is 24.8. The Morgan fingerprint density at radius 3 is 2.52 bits per heavy atom. The highest BCUT2D eigenvalue weighted by atomic mass is 32.2. The van der Waals surface area contributed by atoms with Crippen LogP contribution in [0.3, 0.4) is 0 Å². The van der Waals surface area contributed by atoms with Gasteiger partial charge in [0.25, 0.3) is 5.91 Å². The molecule has 0 aromatic heterocycles. The van der Waals surface area contributed by atoms with Gasteiger partial charge in [0.05, 0.1) is 12.3 Å². The number of nitrogens with zero attached hydrogens (tertiary/aromatic N) is 1. The van der Waals surface area contributed by atoms with Gasteiger partial charge >= 0.3 is 6.03 Å². The lowest BCUT2D eigenvalue weighted by Gasteiger charge is -2.13. The summed E-state index contributed by atoms with van der Waals surface area (Å²) in [7, 11) is -3.20. The maximum Gasteiger partial charge on any atom is 0.324 e. The van der Waals surface area contributed by atoms with Crippen molar-refractivity contribution in [3.8, 4) is 5.75 Å². The van der Waals surface area contributed by atoms with E-state index in [0.29, 0.717) is 5.75 Å². The molecule has 7 nitrogen and oxygen atoms in total. The molecule has 1 aliphatic rings. The number of halogens is 1. The largest absolute Gasteiger partial charge is 0.492 e. The fraction of sp³-hybridized carbons (Fsp3) is 0.429. The van der Waals surface area contributed by atoms with Crippen molar-refractivity contribution in [2.45, 2.75) is 12.5 Å². The van der Waals surface area contributed by atoms with Gasteiger partial charge < -0.3 is 10.1 Å². The predicted octanol–water partition coefficient (Wildman–Crippen LogP) is 0.560. The van der Waals surface area contributed by atoms with Crippen molar-refractivity contribution in [2.24, 2.45) is 0 Å². The fourth-order valence-corrected chi connectivity index (χ4v) is 2.77. The molecule has 1 atom stereocenters. The van der Waals surface area contributed by atoms with E-state index >= 15 is 0 Å². The van der Waals surface area contributed by atoms with Gasteiger partial charge in [-0.3, -0.25) is 9.69 Å². The molecule has 23 heavy (non-hydrogen) atoms. The third-order valence-corrected chi connectivity index (χ3v) is 4.26. The van der Waals surface area contributed by atoms with E-state index in [2.05, 4.69) is 5.32 Å². The first-order chi connectivity index (χ1) is 10.8. The van der Waals surface area contributed by atoms with Crippen LogP contribution in [0.25, 0.3) is 0 Å². The van der Waals surface area contributed by atoms with Gasteiger partial charge in [-0.05, 0) is 30.7 Å². The SMILES string of the molecule is CS(=O)(=O)CC[C@@H]1NC(=O)N(CCOc2ccc(F)cc2)C1=O. The van der Waals surface area contributed by atoms with E-state index < -0.39 is 27.8 Å². The number of rotatable bonds is 7. The predicted molar refractivity (Wildman–Crippen MR) is 80.3 cm³/mol. The first-order valence-corrected chi connectivity index (χ1v) is 9.00. The zero-order valence-electron chi connectivity index (χ0n) is 12.5. The molecule has 1 fully saturated rings. The van der Waals surface area contributed by atoms with Crippen molar-refractivity contribution in [1.82, 2.24) is 10.2 Å². The molecule has 0 bridgehead atoms. The summed E-state index contributed by atoms with van der Waals surface area (Å²) in [6.45, 7) is 0.0843. The van der Waals surface area contributed by atoms with E-state index in [0.717, 1.165) is 11.2 Å². The molecule has 3 amide bonds. The van der Waals surface area contributed by atoms with Crippen LogP contribution in [0.5, 0.6) is 5.75 Å². The Hall–Kier alpha value is -2.16. The van der Waals surface area contributed by atoms with Crippen LogP contribution in [0, 0.1) is 5.82 Å². The molecule has 126 valence electrons. The number of ether oxygens (including phenoxy) is 1. The number of amides is 3. The van der Waals surface area contributed by atoms with Gasteiger partial charge in [-0.2, -0.15) is 0 Å². The third-order valence-electron chi connectivity index (χ3n) is 3.28. The summed E-state index contributed by atoms with van der Waals surface area (Å²) >= 11 is 0. The number of benzene rings is 1. The molecular weight excluding hydrogens is 327 g/mol. The number of imide groups is 1. The lowest BCUT2D eigenvalue weighted by atomic mass is 10.2. The van der Waals surface area contributed by atoms with Gasteiger partial charge in [0.15, 0.2) is 0 Å². The molecule has 2 rings (SSSR count). The summed E-state index contributed by atoms with van der Waals surface area (Å²) in [5.41, 5.74) is 0. The second kappa shape index (κ2) is 6.95. The molecule has 0 unspecified atom stereocenters. The molecule has 0 spiro atoms. The molecule has 0 radical (unpaired) electrons. The van der Waals surface area contributed by atoms with E-state index in [1.165, 1.54) is 24.3 Å². The number of sulfone groups is 1. The number of hydrogen-bond donors (Lipinski definition) is 1. The number of carbonyl (C=O) groups excluding carboxylic acids is 2. The first-order valence-electron chi connectivity index (χ1n) is 6.94. The number of nitrogens with one attached hydrogen (secondary N) is 1. The summed E-state index contributed by atoms with van der Waals surface area (Å²) in [6, 6.07) is 3.96.